The lowest BCUT2D eigenvalue weighted by Crippen LogP contribution is -2.36. The summed E-state index contributed by atoms with van der Waals surface area (Å²) in [7, 11) is 0. The molecule has 1 saturated heterocycles. The summed E-state index contributed by atoms with van der Waals surface area (Å²) in [6.07, 6.45) is 5.03. The van der Waals surface area contributed by atoms with Gasteiger partial charge in [-0.15, -0.1) is 0 Å². The number of nitrogens with zero attached hydrogens (tertiary/aromatic N) is 2. The SMILES string of the molecule is O=C(c1cccnc1Nc1ccc(OCc2ccccc2)cc1)N1CCCCC1. The third-order valence-electron chi connectivity index (χ3n) is 5.05. The van der Waals surface area contributed by atoms with E-state index in [1.165, 1.54) is 6.42 Å². The Kier molecular flexibility index (Phi) is 6.05. The van der Waals surface area contributed by atoms with Gasteiger partial charge in [-0.05, 0) is 61.2 Å². The highest BCUT2D eigenvalue weighted by molar-refractivity contribution is 5.99. The molecule has 5 heteroatoms. The van der Waals surface area contributed by atoms with Gasteiger partial charge in [-0.3, -0.25) is 4.79 Å². The van der Waals surface area contributed by atoms with E-state index in [-0.39, 0.29) is 5.91 Å². The van der Waals surface area contributed by atoms with Crippen LogP contribution in [0.4, 0.5) is 11.5 Å². The molecule has 4 rings (SSSR count). The van der Waals surface area contributed by atoms with Gasteiger partial charge in [0.2, 0.25) is 0 Å². The largest absolute Gasteiger partial charge is 0.489 e. The number of pyridine rings is 1. The fourth-order valence-electron chi connectivity index (χ4n) is 3.46. The van der Waals surface area contributed by atoms with Crippen LogP contribution in [-0.2, 0) is 6.61 Å². The average Bonchev–Trinajstić information content (AvgIpc) is 2.80. The van der Waals surface area contributed by atoms with Gasteiger partial charge in [-0.2, -0.15) is 0 Å². The zero-order chi connectivity index (χ0) is 19.9. The van der Waals surface area contributed by atoms with Gasteiger partial charge in [0.1, 0.15) is 18.2 Å². The number of carbonyl (C=O) groups excluding carboxylic acids is 1. The Bertz CT molecular complexity index is 936. The van der Waals surface area contributed by atoms with Crippen molar-refractivity contribution in [3.63, 3.8) is 0 Å². The van der Waals surface area contributed by atoms with E-state index in [9.17, 15) is 4.79 Å². The minimum Gasteiger partial charge on any atom is -0.489 e. The minimum absolute atomic E-state index is 0.0446. The maximum absolute atomic E-state index is 12.9. The molecule has 0 unspecified atom stereocenters. The first-order valence-corrected chi connectivity index (χ1v) is 10.1. The van der Waals surface area contributed by atoms with Crippen LogP contribution in [0.1, 0.15) is 35.2 Å². The number of benzene rings is 2. The van der Waals surface area contributed by atoms with Crippen molar-refractivity contribution in [2.45, 2.75) is 25.9 Å². The van der Waals surface area contributed by atoms with Crippen molar-refractivity contribution < 1.29 is 9.53 Å². The maximum Gasteiger partial charge on any atom is 0.257 e. The summed E-state index contributed by atoms with van der Waals surface area (Å²) < 4.78 is 5.83. The zero-order valence-electron chi connectivity index (χ0n) is 16.4. The molecule has 1 aliphatic heterocycles. The topological polar surface area (TPSA) is 54.5 Å². The summed E-state index contributed by atoms with van der Waals surface area (Å²) in [5.74, 6) is 1.43. The van der Waals surface area contributed by atoms with E-state index < -0.39 is 0 Å². The number of amides is 1. The normalized spacial score (nSPS) is 13.7. The van der Waals surface area contributed by atoms with E-state index in [2.05, 4.69) is 10.3 Å². The first-order chi connectivity index (χ1) is 14.3. The molecule has 2 aromatic carbocycles. The summed E-state index contributed by atoms with van der Waals surface area (Å²) in [6, 6.07) is 21.4. The quantitative estimate of drug-likeness (QED) is 0.644. The van der Waals surface area contributed by atoms with Crippen LogP contribution in [0.15, 0.2) is 72.9 Å². The highest BCUT2D eigenvalue weighted by Crippen LogP contribution is 2.23. The second kappa shape index (κ2) is 9.24. The van der Waals surface area contributed by atoms with Gasteiger partial charge in [-0.1, -0.05) is 30.3 Å². The van der Waals surface area contributed by atoms with Crippen LogP contribution in [0, 0.1) is 0 Å². The van der Waals surface area contributed by atoms with Crippen molar-refractivity contribution in [3.05, 3.63) is 84.1 Å². The lowest BCUT2D eigenvalue weighted by Gasteiger charge is -2.27. The number of rotatable bonds is 6. The van der Waals surface area contributed by atoms with Gasteiger partial charge in [0, 0.05) is 25.0 Å². The second-order valence-corrected chi connectivity index (χ2v) is 7.18. The molecule has 0 radical (unpaired) electrons. The highest BCUT2D eigenvalue weighted by Gasteiger charge is 2.21. The van der Waals surface area contributed by atoms with Crippen LogP contribution >= 0.6 is 0 Å². The van der Waals surface area contributed by atoms with E-state index in [1.54, 1.807) is 6.20 Å². The van der Waals surface area contributed by atoms with Crippen molar-refractivity contribution in [1.29, 1.82) is 0 Å². The number of carbonyl (C=O) groups is 1. The van der Waals surface area contributed by atoms with Crippen molar-refractivity contribution in [1.82, 2.24) is 9.88 Å². The molecule has 1 fully saturated rings. The van der Waals surface area contributed by atoms with Gasteiger partial charge >= 0.3 is 0 Å². The van der Waals surface area contributed by atoms with Crippen molar-refractivity contribution in [2.75, 3.05) is 18.4 Å². The Morgan fingerprint density at radius 3 is 2.45 bits per heavy atom. The number of piperidine rings is 1. The van der Waals surface area contributed by atoms with Crippen LogP contribution in [0.5, 0.6) is 5.75 Å². The maximum atomic E-state index is 12.9. The van der Waals surface area contributed by atoms with Gasteiger partial charge in [0.15, 0.2) is 0 Å². The van der Waals surface area contributed by atoms with Gasteiger partial charge in [-0.25, -0.2) is 4.98 Å². The molecule has 2 heterocycles. The molecule has 5 nitrogen and oxygen atoms in total. The molecule has 3 aromatic rings. The predicted octanol–water partition coefficient (Wildman–Crippen LogP) is 5.03. The highest BCUT2D eigenvalue weighted by atomic mass is 16.5. The van der Waals surface area contributed by atoms with Crippen LogP contribution in [0.2, 0.25) is 0 Å². The standard InChI is InChI=1S/C24H25N3O2/c28-24(27-16-5-2-6-17-27)22-10-7-15-25-23(22)26-20-11-13-21(14-12-20)29-18-19-8-3-1-4-9-19/h1,3-4,7-15H,2,5-6,16-18H2,(H,25,26). The van der Waals surface area contributed by atoms with Crippen LogP contribution in [-0.4, -0.2) is 28.9 Å². The molecular formula is C24H25N3O2. The first kappa shape index (κ1) is 19.0. The van der Waals surface area contributed by atoms with Gasteiger partial charge < -0.3 is 15.0 Å². The third-order valence-corrected chi connectivity index (χ3v) is 5.05. The first-order valence-electron chi connectivity index (χ1n) is 10.1. The van der Waals surface area contributed by atoms with Crippen molar-refractivity contribution in [2.24, 2.45) is 0 Å². The molecule has 0 saturated carbocycles. The molecule has 1 aromatic heterocycles. The van der Waals surface area contributed by atoms with E-state index in [4.69, 9.17) is 4.74 Å². The average molecular weight is 387 g/mol. The Balaban J connectivity index is 1.42. The fourth-order valence-corrected chi connectivity index (χ4v) is 3.46. The molecule has 1 amide bonds. The third kappa shape index (κ3) is 4.93. The Morgan fingerprint density at radius 2 is 1.69 bits per heavy atom. The summed E-state index contributed by atoms with van der Waals surface area (Å²) in [4.78, 5) is 19.2. The summed E-state index contributed by atoms with van der Waals surface area (Å²) in [6.45, 7) is 2.17. The summed E-state index contributed by atoms with van der Waals surface area (Å²) in [5, 5.41) is 3.28. The van der Waals surface area contributed by atoms with E-state index in [0.717, 1.165) is 42.9 Å². The number of likely N-dealkylation sites (tertiary alicyclic amines) is 1. The lowest BCUT2D eigenvalue weighted by molar-refractivity contribution is 0.0725. The van der Waals surface area contributed by atoms with Gasteiger partial charge in [0.25, 0.3) is 5.91 Å². The minimum atomic E-state index is 0.0446. The Hall–Kier alpha value is -3.34. The molecule has 0 spiro atoms. The molecule has 29 heavy (non-hydrogen) atoms. The zero-order valence-corrected chi connectivity index (χ0v) is 16.4. The monoisotopic (exact) mass is 387 g/mol. The lowest BCUT2D eigenvalue weighted by atomic mass is 10.1. The summed E-state index contributed by atoms with van der Waals surface area (Å²) >= 11 is 0. The van der Waals surface area contributed by atoms with E-state index in [1.807, 2.05) is 71.6 Å². The predicted molar refractivity (Wildman–Crippen MR) is 114 cm³/mol. The second-order valence-electron chi connectivity index (χ2n) is 7.18. The molecular weight excluding hydrogens is 362 g/mol. The van der Waals surface area contributed by atoms with Crippen molar-refractivity contribution >= 4 is 17.4 Å². The van der Waals surface area contributed by atoms with Crippen LogP contribution < -0.4 is 10.1 Å². The smallest absolute Gasteiger partial charge is 0.257 e. The molecule has 0 aliphatic carbocycles. The van der Waals surface area contributed by atoms with Crippen LogP contribution in [0.3, 0.4) is 0 Å². The molecule has 148 valence electrons. The van der Waals surface area contributed by atoms with Gasteiger partial charge in [0.05, 0.1) is 5.56 Å². The number of hydrogen-bond acceptors (Lipinski definition) is 4. The summed E-state index contributed by atoms with van der Waals surface area (Å²) in [5.41, 5.74) is 2.60. The van der Waals surface area contributed by atoms with E-state index >= 15 is 0 Å². The van der Waals surface area contributed by atoms with E-state index in [0.29, 0.717) is 18.0 Å². The number of aromatic nitrogens is 1. The van der Waals surface area contributed by atoms with Crippen molar-refractivity contribution in [3.8, 4) is 5.75 Å². The Morgan fingerprint density at radius 1 is 0.931 bits per heavy atom. The number of nitrogens with one attached hydrogen (secondary N) is 1. The molecule has 0 bridgehead atoms. The number of hydrogen-bond donors (Lipinski definition) is 1. The number of anilines is 2. The Labute approximate surface area is 171 Å². The molecule has 1 aliphatic rings. The number of ether oxygens (including phenoxy) is 1. The van der Waals surface area contributed by atoms with Crippen LogP contribution in [0.25, 0.3) is 0 Å². The molecule has 1 N–H and O–H groups in total. The fraction of sp³-hybridized carbons (Fsp3) is 0.250. The molecule has 0 atom stereocenters.